The Bertz CT molecular complexity index is 1210. The molecule has 1 atom stereocenters. The number of carbonyl (C=O) groups is 2. The van der Waals surface area contributed by atoms with E-state index in [1.807, 2.05) is 91.9 Å². The van der Waals surface area contributed by atoms with Crippen molar-refractivity contribution >= 4 is 22.8 Å². The van der Waals surface area contributed by atoms with Gasteiger partial charge >= 0.3 is 5.97 Å². The molecule has 0 aliphatic rings. The summed E-state index contributed by atoms with van der Waals surface area (Å²) in [4.78, 5) is 29.9. The predicted octanol–water partition coefficient (Wildman–Crippen LogP) is 4.94. The molecule has 4 aromatic rings. The summed E-state index contributed by atoms with van der Waals surface area (Å²) in [5, 5.41) is 3.53. The fourth-order valence-electron chi connectivity index (χ4n) is 3.42. The van der Waals surface area contributed by atoms with Gasteiger partial charge in [0, 0.05) is 10.9 Å². The van der Waals surface area contributed by atoms with E-state index in [0.717, 1.165) is 11.1 Å². The Morgan fingerprint density at radius 2 is 1.55 bits per heavy atom. The molecule has 0 unspecified atom stereocenters. The highest BCUT2D eigenvalue weighted by Crippen LogP contribution is 2.25. The van der Waals surface area contributed by atoms with E-state index in [0.29, 0.717) is 22.2 Å². The van der Waals surface area contributed by atoms with Gasteiger partial charge in [-0.25, -0.2) is 9.78 Å². The minimum absolute atomic E-state index is 0.182. The number of rotatable bonds is 6. The zero-order valence-corrected chi connectivity index (χ0v) is 17.1. The highest BCUT2D eigenvalue weighted by atomic mass is 16.5. The Labute approximate surface area is 180 Å². The summed E-state index contributed by atoms with van der Waals surface area (Å²) in [6, 6.07) is 28.2. The van der Waals surface area contributed by atoms with E-state index >= 15 is 0 Å². The van der Waals surface area contributed by atoms with E-state index in [4.69, 9.17) is 4.74 Å². The third kappa shape index (κ3) is 4.78. The highest BCUT2D eigenvalue weighted by molar-refractivity contribution is 6.05. The maximum absolute atomic E-state index is 12.9. The van der Waals surface area contributed by atoms with Gasteiger partial charge in [-0.05, 0) is 24.6 Å². The number of hydrogen-bond donors (Lipinski definition) is 1. The molecule has 31 heavy (non-hydrogen) atoms. The molecule has 1 amide bonds. The third-order valence-corrected chi connectivity index (χ3v) is 5.02. The van der Waals surface area contributed by atoms with Crippen LogP contribution in [0.1, 0.15) is 28.9 Å². The van der Waals surface area contributed by atoms with Crippen LogP contribution in [0.3, 0.4) is 0 Å². The molecule has 0 fully saturated rings. The molecule has 1 N–H and O–H groups in total. The molecule has 4 rings (SSSR count). The lowest BCUT2D eigenvalue weighted by Crippen LogP contribution is -2.31. The van der Waals surface area contributed by atoms with Crippen molar-refractivity contribution in [3.8, 4) is 11.3 Å². The zero-order chi connectivity index (χ0) is 21.6. The number of benzene rings is 3. The third-order valence-electron chi connectivity index (χ3n) is 5.02. The molecule has 5 heteroatoms. The standard InChI is InChI=1S/C26H22N2O3/c1-18(19-10-4-2-5-11-19)27-25(29)17-31-26(30)22-16-24(20-12-6-3-7-13-20)28-23-15-9-8-14-21(22)23/h2-16,18H,17H2,1H3,(H,27,29)/t18-/m1/s1. The quantitative estimate of drug-likeness (QED) is 0.457. The average Bonchev–Trinajstić information content (AvgIpc) is 2.83. The number of ether oxygens (including phenoxy) is 1. The first kappa shape index (κ1) is 20.3. The first-order valence-corrected chi connectivity index (χ1v) is 10.1. The van der Waals surface area contributed by atoms with Crippen LogP contribution in [-0.4, -0.2) is 23.5 Å². The van der Waals surface area contributed by atoms with Crippen molar-refractivity contribution in [1.82, 2.24) is 10.3 Å². The van der Waals surface area contributed by atoms with Gasteiger partial charge in [-0.3, -0.25) is 4.79 Å². The summed E-state index contributed by atoms with van der Waals surface area (Å²) in [5.74, 6) is -0.912. The van der Waals surface area contributed by atoms with Crippen LogP contribution in [-0.2, 0) is 9.53 Å². The van der Waals surface area contributed by atoms with Crippen molar-refractivity contribution < 1.29 is 14.3 Å². The number of nitrogens with zero attached hydrogens (tertiary/aromatic N) is 1. The smallest absolute Gasteiger partial charge is 0.339 e. The van der Waals surface area contributed by atoms with Gasteiger partial charge in [0.15, 0.2) is 6.61 Å². The summed E-state index contributed by atoms with van der Waals surface area (Å²) in [7, 11) is 0. The van der Waals surface area contributed by atoms with E-state index in [-0.39, 0.29) is 18.6 Å². The van der Waals surface area contributed by atoms with Crippen LogP contribution in [0.2, 0.25) is 0 Å². The predicted molar refractivity (Wildman–Crippen MR) is 120 cm³/mol. The van der Waals surface area contributed by atoms with Crippen LogP contribution in [0.25, 0.3) is 22.2 Å². The number of nitrogens with one attached hydrogen (secondary N) is 1. The molecular weight excluding hydrogens is 388 g/mol. The van der Waals surface area contributed by atoms with Crippen molar-refractivity contribution in [2.45, 2.75) is 13.0 Å². The summed E-state index contributed by atoms with van der Waals surface area (Å²) >= 11 is 0. The SMILES string of the molecule is C[C@@H](NC(=O)COC(=O)c1cc(-c2ccccc2)nc2ccccc12)c1ccccc1. The Hall–Kier alpha value is -3.99. The van der Waals surface area contributed by atoms with Crippen LogP contribution < -0.4 is 5.32 Å². The molecule has 0 aliphatic carbocycles. The van der Waals surface area contributed by atoms with E-state index in [9.17, 15) is 9.59 Å². The van der Waals surface area contributed by atoms with Gasteiger partial charge in [0.1, 0.15) is 0 Å². The molecule has 154 valence electrons. The number of fused-ring (bicyclic) bond motifs is 1. The molecule has 0 radical (unpaired) electrons. The summed E-state index contributed by atoms with van der Waals surface area (Å²) < 4.78 is 5.35. The van der Waals surface area contributed by atoms with Gasteiger partial charge in [0.05, 0.1) is 22.8 Å². The van der Waals surface area contributed by atoms with Crippen molar-refractivity contribution in [1.29, 1.82) is 0 Å². The van der Waals surface area contributed by atoms with E-state index in [1.54, 1.807) is 6.07 Å². The fourth-order valence-corrected chi connectivity index (χ4v) is 3.42. The molecule has 1 aromatic heterocycles. The van der Waals surface area contributed by atoms with Gasteiger partial charge in [0.2, 0.25) is 0 Å². The maximum Gasteiger partial charge on any atom is 0.339 e. The summed E-state index contributed by atoms with van der Waals surface area (Å²) in [6.45, 7) is 1.53. The molecule has 0 spiro atoms. The molecule has 0 aliphatic heterocycles. The molecule has 0 saturated carbocycles. The minimum atomic E-state index is -0.557. The van der Waals surface area contributed by atoms with E-state index < -0.39 is 5.97 Å². The van der Waals surface area contributed by atoms with Crippen molar-refractivity contribution in [3.05, 3.63) is 102 Å². The van der Waals surface area contributed by atoms with Gasteiger partial charge in [-0.15, -0.1) is 0 Å². The minimum Gasteiger partial charge on any atom is -0.452 e. The number of esters is 1. The maximum atomic E-state index is 12.9. The van der Waals surface area contributed by atoms with Crippen molar-refractivity contribution in [2.24, 2.45) is 0 Å². The Morgan fingerprint density at radius 1 is 0.903 bits per heavy atom. The lowest BCUT2D eigenvalue weighted by molar-refractivity contribution is -0.124. The molecule has 0 saturated heterocycles. The summed E-state index contributed by atoms with van der Waals surface area (Å²) in [5.41, 5.74) is 3.63. The van der Waals surface area contributed by atoms with Crippen molar-refractivity contribution in [3.63, 3.8) is 0 Å². The Kier molecular flexibility index (Phi) is 6.03. The zero-order valence-electron chi connectivity index (χ0n) is 17.1. The van der Waals surface area contributed by atoms with Gasteiger partial charge in [-0.2, -0.15) is 0 Å². The monoisotopic (exact) mass is 410 g/mol. The second-order valence-electron chi connectivity index (χ2n) is 7.21. The fraction of sp³-hybridized carbons (Fsp3) is 0.115. The lowest BCUT2D eigenvalue weighted by atomic mass is 10.0. The molecule has 5 nitrogen and oxygen atoms in total. The van der Waals surface area contributed by atoms with Gasteiger partial charge in [-0.1, -0.05) is 78.9 Å². The van der Waals surface area contributed by atoms with Crippen LogP contribution in [0.4, 0.5) is 0 Å². The van der Waals surface area contributed by atoms with Crippen LogP contribution >= 0.6 is 0 Å². The summed E-state index contributed by atoms with van der Waals surface area (Å²) in [6.07, 6.45) is 0. The first-order valence-electron chi connectivity index (χ1n) is 10.1. The number of pyridine rings is 1. The normalized spacial score (nSPS) is 11.6. The number of para-hydroxylation sites is 1. The van der Waals surface area contributed by atoms with Crippen LogP contribution in [0.15, 0.2) is 91.0 Å². The first-order chi connectivity index (χ1) is 15.1. The number of aromatic nitrogens is 1. The number of hydrogen-bond acceptors (Lipinski definition) is 4. The van der Waals surface area contributed by atoms with Gasteiger partial charge < -0.3 is 10.1 Å². The number of amides is 1. The lowest BCUT2D eigenvalue weighted by Gasteiger charge is -2.14. The second-order valence-corrected chi connectivity index (χ2v) is 7.21. The molecule has 1 heterocycles. The van der Waals surface area contributed by atoms with Gasteiger partial charge in [0.25, 0.3) is 5.91 Å². The molecule has 0 bridgehead atoms. The Morgan fingerprint density at radius 3 is 2.29 bits per heavy atom. The molecule has 3 aromatic carbocycles. The Balaban J connectivity index is 1.51. The highest BCUT2D eigenvalue weighted by Gasteiger charge is 2.17. The topological polar surface area (TPSA) is 68.3 Å². The van der Waals surface area contributed by atoms with E-state index in [2.05, 4.69) is 10.3 Å². The number of carbonyl (C=O) groups excluding carboxylic acids is 2. The van der Waals surface area contributed by atoms with Crippen LogP contribution in [0.5, 0.6) is 0 Å². The molecular formula is C26H22N2O3. The second kappa shape index (κ2) is 9.22. The average molecular weight is 410 g/mol. The largest absolute Gasteiger partial charge is 0.452 e. The van der Waals surface area contributed by atoms with E-state index in [1.165, 1.54) is 0 Å². The van der Waals surface area contributed by atoms with Crippen LogP contribution in [0, 0.1) is 0 Å². The van der Waals surface area contributed by atoms with Crippen molar-refractivity contribution in [2.75, 3.05) is 6.61 Å².